The molecule has 7 aromatic carbocycles. The monoisotopic (exact) mass is 708 g/mol. The Labute approximate surface area is 347 Å². The number of H-pyrrole nitrogens is 2. The summed E-state index contributed by atoms with van der Waals surface area (Å²) in [6.07, 6.45) is 3.56. The van der Waals surface area contributed by atoms with Gasteiger partial charge < -0.3 is 10.2 Å². The third kappa shape index (κ3) is 6.20. The summed E-state index contributed by atoms with van der Waals surface area (Å²) >= 11 is 0. The molecule has 254 valence electrons. The molecule has 3 heterocycles. The Hall–Kier alpha value is -6.25. The molecule has 0 bridgehead atoms. The van der Waals surface area contributed by atoms with Crippen molar-refractivity contribution in [1.82, 2.24) is 9.97 Å². The van der Waals surface area contributed by atoms with Crippen LogP contribution in [0.1, 0.15) is 0 Å². The number of nitrogens with one attached hydrogen (secondary N) is 2. The summed E-state index contributed by atoms with van der Waals surface area (Å²) in [5, 5.41) is 33.9. The Balaban J connectivity index is 0.00000220. The molecule has 0 saturated heterocycles. The van der Waals surface area contributed by atoms with E-state index >= 15 is 0 Å². The summed E-state index contributed by atoms with van der Waals surface area (Å²) < 4.78 is 0. The normalized spacial score (nSPS) is 11.1. The van der Waals surface area contributed by atoms with Gasteiger partial charge in [0, 0.05) is 39.6 Å². The van der Waals surface area contributed by atoms with E-state index in [1.165, 1.54) is 0 Å². The minimum Gasteiger partial charge on any atom is -0.868 e. The van der Waals surface area contributed by atoms with Gasteiger partial charge in [0.25, 0.3) is 0 Å². The van der Waals surface area contributed by atoms with Crippen LogP contribution in [0.2, 0.25) is 0 Å². The van der Waals surface area contributed by atoms with Gasteiger partial charge in [0.1, 0.15) is 0 Å². The van der Waals surface area contributed by atoms with Crippen LogP contribution in [-0.2, 0) is 0 Å². The molecule has 0 atom stereocenters. The van der Waals surface area contributed by atoms with Gasteiger partial charge in [-0.1, -0.05) is 109 Å². The van der Waals surface area contributed by atoms with Crippen LogP contribution in [0.15, 0.2) is 170 Å². The Morgan fingerprint density at radius 2 is 0.875 bits per heavy atom. The average Bonchev–Trinajstić information content (AvgIpc) is 3.24. The molecule has 0 aliphatic carbocycles. The Morgan fingerprint density at radius 3 is 1.45 bits per heavy atom. The van der Waals surface area contributed by atoms with Gasteiger partial charge >= 0.3 is 37.7 Å². The molecule has 2 N–H and O–H groups in total. The van der Waals surface area contributed by atoms with Crippen molar-refractivity contribution in [2.45, 2.75) is 0 Å². The molecule has 0 radical (unpaired) electrons. The van der Waals surface area contributed by atoms with Crippen molar-refractivity contribution in [2.75, 3.05) is 0 Å². The minimum absolute atomic E-state index is 0. The van der Waals surface area contributed by atoms with Crippen molar-refractivity contribution in [2.24, 2.45) is 0 Å². The molecule has 56 heavy (non-hydrogen) atoms. The van der Waals surface area contributed by atoms with E-state index in [1.807, 2.05) is 140 Å². The number of aromatic amines is 2. The first-order valence-electron chi connectivity index (χ1n) is 17.8. The number of rotatable bonds is 5. The van der Waals surface area contributed by atoms with Crippen molar-refractivity contribution in [3.05, 3.63) is 170 Å². The van der Waals surface area contributed by atoms with Crippen LogP contribution in [0.3, 0.4) is 0 Å². The van der Waals surface area contributed by atoms with Crippen LogP contribution in [0, 0.1) is 0 Å². The van der Waals surface area contributed by atoms with Gasteiger partial charge in [-0.05, 0) is 91.7 Å². The average molecular weight is 709 g/mol. The van der Waals surface area contributed by atoms with Crippen molar-refractivity contribution in [3.63, 3.8) is 0 Å². The van der Waals surface area contributed by atoms with E-state index < -0.39 is 0 Å². The minimum atomic E-state index is -0.0951. The summed E-state index contributed by atoms with van der Waals surface area (Å²) in [6.45, 7) is 0. The summed E-state index contributed by atoms with van der Waals surface area (Å²) in [5.41, 5.74) is 8.14. The number of benzene rings is 7. The van der Waals surface area contributed by atoms with Gasteiger partial charge in [0.05, 0.1) is 11.4 Å². The van der Waals surface area contributed by atoms with Crippen molar-refractivity contribution < 1.29 is 57.9 Å². The number of nitrogens with zero attached hydrogens (tertiary/aromatic N) is 2. The third-order valence-corrected chi connectivity index (χ3v) is 10.3. The molecule has 0 aliphatic rings. The van der Waals surface area contributed by atoms with Crippen molar-refractivity contribution in [3.8, 4) is 67.7 Å². The smallest absolute Gasteiger partial charge is 0.868 e. The van der Waals surface area contributed by atoms with E-state index in [0.29, 0.717) is 28.0 Å². The van der Waals surface area contributed by atoms with Crippen LogP contribution >= 0.6 is 0 Å². The summed E-state index contributed by atoms with van der Waals surface area (Å²) in [4.78, 5) is 16.5. The van der Waals surface area contributed by atoms with Crippen LogP contribution in [-0.4, -0.2) is 9.97 Å². The molecule has 6 nitrogen and oxygen atoms in total. The Morgan fingerprint density at radius 1 is 0.393 bits per heavy atom. The van der Waals surface area contributed by atoms with Gasteiger partial charge in [-0.25, -0.2) is 19.9 Å². The summed E-state index contributed by atoms with van der Waals surface area (Å²) in [5.74, 6) is 0.432. The Bertz CT molecular complexity index is 3030. The fourth-order valence-corrected chi connectivity index (χ4v) is 7.72. The number of pyridine rings is 2. The van der Waals surface area contributed by atoms with Crippen LogP contribution in [0.4, 0.5) is 0 Å². The van der Waals surface area contributed by atoms with E-state index in [4.69, 9.17) is 9.97 Å². The molecule has 0 amide bonds. The molecule has 0 unspecified atom stereocenters. The first-order chi connectivity index (χ1) is 26.6. The molecular formula is C48H30Li2N4O2+2. The standard InChI is InChI=1S/C48H30N4O2.2Li/c53-46-37(23-19-30-15-9-25-49-44(30)46)42-34-17-7-8-18-35(34)43(38-24-20-31-16-10-26-50-45(31)47(38)54)39-27-33(21-22-36(39)42)41-28-40(29-11-3-1-4-12-29)51-48(52-41)32-13-5-2-6-14-32;;/h1-28,53-54H;;/q;2*+1. The number of fused-ring (bicyclic) bond motifs is 4. The second kappa shape index (κ2) is 15.1. The molecule has 10 rings (SSSR count). The number of hydrogen-bond donors (Lipinski definition) is 0. The molecule has 10 aromatic rings. The molecule has 0 fully saturated rings. The molecule has 8 heteroatoms. The van der Waals surface area contributed by atoms with E-state index in [-0.39, 0.29) is 49.2 Å². The van der Waals surface area contributed by atoms with E-state index in [2.05, 4.69) is 28.2 Å². The van der Waals surface area contributed by atoms with Crippen LogP contribution in [0.25, 0.3) is 99.5 Å². The quantitative estimate of drug-likeness (QED) is 0.203. The summed E-state index contributed by atoms with van der Waals surface area (Å²) in [7, 11) is 0. The second-order valence-corrected chi connectivity index (χ2v) is 13.4. The zero-order valence-electron chi connectivity index (χ0n) is 30.9. The largest absolute Gasteiger partial charge is 1.00 e. The first kappa shape index (κ1) is 36.7. The van der Waals surface area contributed by atoms with E-state index in [0.717, 1.165) is 71.5 Å². The van der Waals surface area contributed by atoms with E-state index in [9.17, 15) is 10.2 Å². The third-order valence-electron chi connectivity index (χ3n) is 10.3. The van der Waals surface area contributed by atoms with Gasteiger partial charge in [-0.3, -0.25) is 0 Å². The van der Waals surface area contributed by atoms with Gasteiger partial charge in [0.15, 0.2) is 18.2 Å². The molecule has 0 spiro atoms. The molecule has 0 saturated carbocycles. The first-order valence-corrected chi connectivity index (χ1v) is 17.8. The number of hydrogen-bond acceptors (Lipinski definition) is 4. The second-order valence-electron chi connectivity index (χ2n) is 13.4. The maximum absolute atomic E-state index is 14.4. The van der Waals surface area contributed by atoms with Crippen molar-refractivity contribution in [1.29, 1.82) is 0 Å². The van der Waals surface area contributed by atoms with Crippen LogP contribution in [0.5, 0.6) is 11.5 Å². The topological polar surface area (TPSA) is 100 Å². The SMILES string of the molecule is [Li+].[Li+].[O-]c1c(-c2c3ccccc3c(-c3ccc4ccc[nH+]c4c3[O-])c3cc(-c4cc(-c5ccccc5)nc(-c5ccccc5)n4)ccc23)ccc2ccc[nH+]c12. The molecule has 0 aliphatic heterocycles. The predicted octanol–water partition coefficient (Wildman–Crippen LogP) is 3.21. The van der Waals surface area contributed by atoms with Crippen molar-refractivity contribution >= 4 is 43.4 Å². The fourth-order valence-electron chi connectivity index (χ4n) is 7.72. The molecular weight excluding hydrogens is 678 g/mol. The zero-order valence-corrected chi connectivity index (χ0v) is 30.9. The van der Waals surface area contributed by atoms with Gasteiger partial charge in [-0.2, -0.15) is 0 Å². The predicted molar refractivity (Wildman–Crippen MR) is 211 cm³/mol. The molecule has 3 aromatic heterocycles. The Kier molecular flexibility index (Phi) is 9.91. The maximum atomic E-state index is 14.4. The van der Waals surface area contributed by atoms with Crippen LogP contribution < -0.4 is 57.9 Å². The van der Waals surface area contributed by atoms with Gasteiger partial charge in [-0.15, -0.1) is 0 Å². The number of aromatic nitrogens is 4. The summed E-state index contributed by atoms with van der Waals surface area (Å²) in [6, 6.07) is 51.8. The van der Waals surface area contributed by atoms with E-state index in [1.54, 1.807) is 12.4 Å². The fraction of sp³-hybridized carbons (Fsp3) is 0. The maximum Gasteiger partial charge on any atom is 1.00 e. The zero-order chi connectivity index (χ0) is 36.2. The van der Waals surface area contributed by atoms with Gasteiger partial charge in [0.2, 0.25) is 11.0 Å².